The molecule has 3 unspecified atom stereocenters. The maximum absolute atomic E-state index is 11.8. The van der Waals surface area contributed by atoms with Crippen LogP contribution in [0.4, 0.5) is 4.79 Å². The fourth-order valence-corrected chi connectivity index (χ4v) is 6.41. The Kier molecular flexibility index (Phi) is 4.04. The molecular weight excluding hydrogens is 332 g/mol. The lowest BCUT2D eigenvalue weighted by Gasteiger charge is -2.48. The van der Waals surface area contributed by atoms with Gasteiger partial charge in [0.1, 0.15) is 11.9 Å². The molecule has 7 nitrogen and oxygen atoms in total. The molecule has 1 amide bonds. The highest BCUT2D eigenvalue weighted by molar-refractivity contribution is 8.27. The van der Waals surface area contributed by atoms with Gasteiger partial charge in [0.05, 0.1) is 6.04 Å². The van der Waals surface area contributed by atoms with Gasteiger partial charge in [0, 0.05) is 16.4 Å². The van der Waals surface area contributed by atoms with Gasteiger partial charge in [-0.2, -0.15) is 4.37 Å². The second-order valence-electron chi connectivity index (χ2n) is 4.78. The standard InChI is InChI=1S/C11H14N4O3S3/c1-5-13-10(20-14-5)19-4-6-2-3-7-8(12)9(16)15(7)21(6)11(17)18/h7-8H,2-4,12H2,1H3,(H,17,18). The Labute approximate surface area is 132 Å². The van der Waals surface area contributed by atoms with Crippen LogP contribution >= 0.6 is 34.0 Å². The van der Waals surface area contributed by atoms with Crippen LogP contribution in [0.2, 0.25) is 0 Å². The predicted molar refractivity (Wildman–Crippen MR) is 83.8 cm³/mol. The van der Waals surface area contributed by atoms with E-state index in [9.17, 15) is 14.7 Å². The van der Waals surface area contributed by atoms with Crippen molar-refractivity contribution in [1.82, 2.24) is 13.7 Å². The second kappa shape index (κ2) is 5.67. The minimum Gasteiger partial charge on any atom is -0.472 e. The topological polar surface area (TPSA) is 109 Å². The van der Waals surface area contributed by atoms with E-state index in [-0.39, 0.29) is 11.9 Å². The molecule has 0 radical (unpaired) electrons. The summed E-state index contributed by atoms with van der Waals surface area (Å²) in [6.07, 6.45) is 1.44. The van der Waals surface area contributed by atoms with Crippen molar-refractivity contribution in [2.75, 3.05) is 5.75 Å². The molecule has 0 aliphatic carbocycles. The van der Waals surface area contributed by atoms with E-state index in [4.69, 9.17) is 5.73 Å². The van der Waals surface area contributed by atoms with Crippen LogP contribution in [-0.2, 0) is 4.79 Å². The molecule has 2 aliphatic heterocycles. The van der Waals surface area contributed by atoms with Crippen LogP contribution in [0, 0.1) is 6.92 Å². The van der Waals surface area contributed by atoms with Crippen LogP contribution < -0.4 is 5.73 Å². The van der Waals surface area contributed by atoms with Crippen LogP contribution in [0.1, 0.15) is 18.7 Å². The Hall–Kier alpha value is -0.970. The largest absolute Gasteiger partial charge is 0.472 e. The summed E-state index contributed by atoms with van der Waals surface area (Å²) in [5, 5.41) is 8.50. The molecule has 3 heterocycles. The number of rotatable bonds is 3. The van der Waals surface area contributed by atoms with Crippen molar-refractivity contribution in [1.29, 1.82) is 0 Å². The molecule has 2 aliphatic rings. The number of carboxylic acid groups (broad SMARTS) is 1. The van der Waals surface area contributed by atoms with Crippen molar-refractivity contribution < 1.29 is 14.7 Å². The third kappa shape index (κ3) is 2.60. The van der Waals surface area contributed by atoms with E-state index < -0.39 is 22.0 Å². The SMILES string of the molecule is Cc1nsc(SCC2=S(C(=O)O)N3C(=O)C(N)C3CC2)n1. The molecule has 0 aromatic carbocycles. The summed E-state index contributed by atoms with van der Waals surface area (Å²) in [5.74, 6) is 1.02. The van der Waals surface area contributed by atoms with Gasteiger partial charge in [0.2, 0.25) is 0 Å². The van der Waals surface area contributed by atoms with E-state index in [2.05, 4.69) is 9.36 Å². The van der Waals surface area contributed by atoms with Crippen molar-refractivity contribution >= 4 is 50.0 Å². The Balaban J connectivity index is 1.81. The molecule has 0 spiro atoms. The second-order valence-corrected chi connectivity index (χ2v) is 8.64. The highest BCUT2D eigenvalue weighted by Gasteiger charge is 2.50. The van der Waals surface area contributed by atoms with E-state index in [0.717, 1.165) is 21.4 Å². The average molecular weight is 346 g/mol. The molecule has 114 valence electrons. The third-order valence-electron chi connectivity index (χ3n) is 3.44. The van der Waals surface area contributed by atoms with Crippen molar-refractivity contribution in [2.45, 2.75) is 36.2 Å². The summed E-state index contributed by atoms with van der Waals surface area (Å²) < 4.78 is 6.38. The first-order valence-electron chi connectivity index (χ1n) is 6.33. The molecule has 3 atom stereocenters. The molecule has 10 heteroatoms. The van der Waals surface area contributed by atoms with Crippen LogP contribution in [0.25, 0.3) is 0 Å². The molecule has 1 aromatic heterocycles. The Bertz CT molecular complexity index is 644. The van der Waals surface area contributed by atoms with Gasteiger partial charge in [-0.05, 0) is 36.2 Å². The summed E-state index contributed by atoms with van der Waals surface area (Å²) >= 11 is 2.79. The van der Waals surface area contributed by atoms with Gasteiger partial charge < -0.3 is 10.8 Å². The zero-order valence-corrected chi connectivity index (χ0v) is 13.6. The van der Waals surface area contributed by atoms with Crippen LogP contribution in [-0.4, -0.2) is 52.7 Å². The van der Waals surface area contributed by atoms with Crippen LogP contribution in [0.5, 0.6) is 0 Å². The highest BCUT2D eigenvalue weighted by atomic mass is 32.2. The number of aromatic nitrogens is 2. The van der Waals surface area contributed by atoms with Gasteiger partial charge in [-0.1, -0.05) is 11.8 Å². The number of fused-ring (bicyclic) bond motifs is 1. The summed E-state index contributed by atoms with van der Waals surface area (Å²) in [5.41, 5.74) is 5.74. The van der Waals surface area contributed by atoms with E-state index in [1.54, 1.807) is 0 Å². The molecule has 3 N–H and O–H groups in total. The summed E-state index contributed by atoms with van der Waals surface area (Å²) in [6.45, 7) is 1.82. The van der Waals surface area contributed by atoms with Gasteiger partial charge in [0.25, 0.3) is 5.91 Å². The first-order chi connectivity index (χ1) is 9.99. The van der Waals surface area contributed by atoms with Gasteiger partial charge in [-0.3, -0.25) is 9.10 Å². The van der Waals surface area contributed by atoms with Gasteiger partial charge in [-0.15, -0.1) is 0 Å². The third-order valence-corrected chi connectivity index (χ3v) is 7.70. The minimum absolute atomic E-state index is 0.116. The quantitative estimate of drug-likeness (QED) is 0.482. The van der Waals surface area contributed by atoms with E-state index in [0.29, 0.717) is 12.2 Å². The number of nitrogens with two attached hydrogens (primary N) is 1. The molecule has 1 saturated heterocycles. The smallest absolute Gasteiger partial charge is 0.378 e. The van der Waals surface area contributed by atoms with Crippen molar-refractivity contribution in [3.63, 3.8) is 0 Å². The fraction of sp³-hybridized carbons (Fsp3) is 0.545. The number of hydrogen-bond donors (Lipinski definition) is 2. The van der Waals surface area contributed by atoms with E-state index in [1.807, 2.05) is 6.92 Å². The number of thioether (sulfide) groups is 1. The van der Waals surface area contributed by atoms with E-state index >= 15 is 0 Å². The Morgan fingerprint density at radius 1 is 1.67 bits per heavy atom. The Morgan fingerprint density at radius 2 is 2.43 bits per heavy atom. The zero-order chi connectivity index (χ0) is 15.1. The van der Waals surface area contributed by atoms with Crippen molar-refractivity contribution in [2.24, 2.45) is 5.73 Å². The van der Waals surface area contributed by atoms with Gasteiger partial charge in [-0.25, -0.2) is 9.78 Å². The number of β-lactam (4-membered cyclic amide) rings is 1. The molecule has 0 bridgehead atoms. The maximum Gasteiger partial charge on any atom is 0.378 e. The predicted octanol–water partition coefficient (Wildman–Crippen LogP) is 1.30. The number of aryl methyl sites for hydroxylation is 1. The van der Waals surface area contributed by atoms with Gasteiger partial charge >= 0.3 is 5.30 Å². The molecule has 21 heavy (non-hydrogen) atoms. The lowest BCUT2D eigenvalue weighted by Crippen LogP contribution is -2.68. The lowest BCUT2D eigenvalue weighted by atomic mass is 9.94. The summed E-state index contributed by atoms with van der Waals surface area (Å²) in [4.78, 5) is 28.5. The monoisotopic (exact) mass is 346 g/mol. The first-order valence-corrected chi connectivity index (χ1v) is 9.27. The fourth-order valence-electron chi connectivity index (χ4n) is 2.42. The zero-order valence-electron chi connectivity index (χ0n) is 11.2. The summed E-state index contributed by atoms with van der Waals surface area (Å²) in [6, 6.07) is -0.645. The Morgan fingerprint density at radius 3 is 3.05 bits per heavy atom. The minimum atomic E-state index is -1.17. The molecule has 3 rings (SSSR count). The normalized spacial score (nSPS) is 28.3. The molecule has 1 fully saturated rings. The first kappa shape index (κ1) is 14.9. The number of nitrogens with zero attached hydrogens (tertiary/aromatic N) is 3. The summed E-state index contributed by atoms with van der Waals surface area (Å²) in [7, 11) is -1.17. The number of carbonyl (C=O) groups excluding carboxylic acids is 1. The lowest BCUT2D eigenvalue weighted by molar-refractivity contribution is -0.139. The van der Waals surface area contributed by atoms with Crippen LogP contribution in [0.3, 0.4) is 0 Å². The number of carbonyl (C=O) groups is 2. The number of amides is 1. The van der Waals surface area contributed by atoms with Crippen LogP contribution in [0.15, 0.2) is 4.34 Å². The van der Waals surface area contributed by atoms with E-state index in [1.165, 1.54) is 27.6 Å². The molecule has 1 aromatic rings. The maximum atomic E-state index is 11.8. The molecule has 0 saturated carbocycles. The molecular formula is C11H14N4O3S3. The van der Waals surface area contributed by atoms with Crippen molar-refractivity contribution in [3.05, 3.63) is 5.82 Å². The highest BCUT2D eigenvalue weighted by Crippen LogP contribution is 2.42. The number of hydrogen-bond acceptors (Lipinski definition) is 7. The van der Waals surface area contributed by atoms with Crippen molar-refractivity contribution in [3.8, 4) is 0 Å². The average Bonchev–Trinajstić information content (AvgIpc) is 2.88. The van der Waals surface area contributed by atoms with Gasteiger partial charge in [0.15, 0.2) is 4.34 Å².